The van der Waals surface area contributed by atoms with E-state index in [0.717, 1.165) is 128 Å². The van der Waals surface area contributed by atoms with Crippen molar-refractivity contribution < 1.29 is 28.6 Å². The summed E-state index contributed by atoms with van der Waals surface area (Å²) in [5.74, 6) is -0.927. The minimum Gasteiger partial charge on any atom is -0.462 e. The molecule has 0 fully saturated rings. The van der Waals surface area contributed by atoms with E-state index in [2.05, 4.69) is 142 Å². The maximum absolute atomic E-state index is 12.9. The summed E-state index contributed by atoms with van der Waals surface area (Å²) < 4.78 is 16.9. The van der Waals surface area contributed by atoms with E-state index >= 15 is 0 Å². The lowest BCUT2D eigenvalue weighted by Crippen LogP contribution is -2.30. The molecule has 0 radical (unpaired) electrons. The Labute approximate surface area is 482 Å². The van der Waals surface area contributed by atoms with Crippen LogP contribution >= 0.6 is 0 Å². The molecular formula is C72H120O6. The fraction of sp³-hybridized carbons (Fsp3) is 0.681. The van der Waals surface area contributed by atoms with Gasteiger partial charge in [0.1, 0.15) is 13.2 Å². The van der Waals surface area contributed by atoms with Crippen LogP contribution in [0, 0.1) is 0 Å². The number of carbonyl (C=O) groups is 3. The summed E-state index contributed by atoms with van der Waals surface area (Å²) in [6.45, 7) is 6.49. The van der Waals surface area contributed by atoms with Crippen molar-refractivity contribution in [2.24, 2.45) is 0 Å². The third-order valence-corrected chi connectivity index (χ3v) is 13.7. The molecule has 0 N–H and O–H groups in total. The first-order chi connectivity index (χ1) is 38.5. The number of hydrogen-bond acceptors (Lipinski definition) is 6. The molecule has 0 aliphatic heterocycles. The van der Waals surface area contributed by atoms with Gasteiger partial charge in [-0.1, -0.05) is 284 Å². The number of carbonyl (C=O) groups excluding carboxylic acids is 3. The number of hydrogen-bond donors (Lipinski definition) is 0. The minimum atomic E-state index is -0.797. The Morgan fingerprint density at radius 3 is 0.821 bits per heavy atom. The summed E-state index contributed by atoms with van der Waals surface area (Å²) in [4.78, 5) is 38.3. The minimum absolute atomic E-state index is 0.0924. The molecule has 0 aromatic carbocycles. The number of allylic oxidation sites excluding steroid dienone is 20. The summed E-state index contributed by atoms with van der Waals surface area (Å²) in [7, 11) is 0. The summed E-state index contributed by atoms with van der Waals surface area (Å²) >= 11 is 0. The van der Waals surface area contributed by atoms with E-state index in [1.807, 2.05) is 0 Å². The molecule has 0 saturated carbocycles. The molecule has 0 aromatic heterocycles. The normalized spacial score (nSPS) is 12.9. The van der Waals surface area contributed by atoms with Crippen molar-refractivity contribution >= 4 is 17.9 Å². The first kappa shape index (κ1) is 73.8. The monoisotopic (exact) mass is 1080 g/mol. The molecular weight excluding hydrogens is 961 g/mol. The lowest BCUT2D eigenvalue weighted by Gasteiger charge is -2.18. The van der Waals surface area contributed by atoms with Crippen LogP contribution in [-0.4, -0.2) is 37.2 Å². The van der Waals surface area contributed by atoms with E-state index < -0.39 is 6.10 Å². The van der Waals surface area contributed by atoms with Gasteiger partial charge in [-0.25, -0.2) is 0 Å². The number of esters is 3. The highest BCUT2D eigenvalue weighted by molar-refractivity contribution is 5.71. The van der Waals surface area contributed by atoms with Gasteiger partial charge in [-0.15, -0.1) is 0 Å². The Balaban J connectivity index is 4.37. The van der Waals surface area contributed by atoms with Gasteiger partial charge in [0.2, 0.25) is 0 Å². The first-order valence-corrected chi connectivity index (χ1v) is 32.5. The van der Waals surface area contributed by atoms with Crippen molar-refractivity contribution in [3.8, 4) is 0 Å². The number of rotatable bonds is 58. The second-order valence-corrected chi connectivity index (χ2v) is 21.3. The fourth-order valence-electron chi connectivity index (χ4n) is 8.84. The van der Waals surface area contributed by atoms with Crippen molar-refractivity contribution in [3.63, 3.8) is 0 Å². The first-order valence-electron chi connectivity index (χ1n) is 32.5. The van der Waals surface area contributed by atoms with E-state index in [0.29, 0.717) is 19.3 Å². The molecule has 0 aliphatic carbocycles. The summed E-state index contributed by atoms with van der Waals surface area (Å²) in [5, 5.41) is 0. The Morgan fingerprint density at radius 1 is 0.269 bits per heavy atom. The molecule has 78 heavy (non-hydrogen) atoms. The van der Waals surface area contributed by atoms with Gasteiger partial charge in [-0.05, 0) is 116 Å². The Bertz CT molecular complexity index is 1620. The van der Waals surface area contributed by atoms with E-state index in [-0.39, 0.29) is 31.1 Å². The maximum Gasteiger partial charge on any atom is 0.306 e. The summed E-state index contributed by atoms with van der Waals surface area (Å²) in [6.07, 6.45) is 90.6. The average Bonchev–Trinajstić information content (AvgIpc) is 3.44. The Kier molecular flexibility index (Phi) is 61.8. The highest BCUT2D eigenvalue weighted by Crippen LogP contribution is 2.16. The molecule has 444 valence electrons. The van der Waals surface area contributed by atoms with Crippen LogP contribution in [0.1, 0.15) is 297 Å². The van der Waals surface area contributed by atoms with Crippen molar-refractivity contribution in [2.75, 3.05) is 13.2 Å². The second-order valence-electron chi connectivity index (χ2n) is 21.3. The molecule has 0 spiro atoms. The molecule has 0 aliphatic rings. The molecule has 6 nitrogen and oxygen atoms in total. The van der Waals surface area contributed by atoms with E-state index in [1.165, 1.54) is 128 Å². The molecule has 0 amide bonds. The fourth-order valence-corrected chi connectivity index (χ4v) is 8.84. The van der Waals surface area contributed by atoms with E-state index in [4.69, 9.17) is 14.2 Å². The quantitative estimate of drug-likeness (QED) is 0.0261. The zero-order valence-electron chi connectivity index (χ0n) is 50.9. The molecule has 0 aromatic rings. The van der Waals surface area contributed by atoms with Gasteiger partial charge in [0.25, 0.3) is 0 Å². The smallest absolute Gasteiger partial charge is 0.306 e. The van der Waals surface area contributed by atoms with Gasteiger partial charge < -0.3 is 14.2 Å². The van der Waals surface area contributed by atoms with Crippen LogP contribution in [0.25, 0.3) is 0 Å². The highest BCUT2D eigenvalue weighted by atomic mass is 16.6. The van der Waals surface area contributed by atoms with Gasteiger partial charge >= 0.3 is 17.9 Å². The van der Waals surface area contributed by atoms with Crippen LogP contribution in [0.15, 0.2) is 122 Å². The van der Waals surface area contributed by atoms with Crippen molar-refractivity contribution in [1.82, 2.24) is 0 Å². The van der Waals surface area contributed by atoms with Crippen LogP contribution in [0.3, 0.4) is 0 Å². The third-order valence-electron chi connectivity index (χ3n) is 13.7. The molecule has 1 unspecified atom stereocenters. The molecule has 6 heteroatoms. The van der Waals surface area contributed by atoms with Crippen LogP contribution in [0.5, 0.6) is 0 Å². The number of unbranched alkanes of at least 4 members (excludes halogenated alkanes) is 27. The number of ether oxygens (including phenoxy) is 3. The maximum atomic E-state index is 12.9. The van der Waals surface area contributed by atoms with Gasteiger partial charge in [-0.2, -0.15) is 0 Å². The zero-order valence-corrected chi connectivity index (χ0v) is 50.9. The SMILES string of the molecule is CC/C=C\C/C=C\C/C=C\C/C=C\C/C=C\C/C=C\C/C=C\C/C=C\C/C=C\CCCCCC(=O)OCC(COC(=O)CCCCCCC/C=C\CCCCCC)OC(=O)CCCCCCCCCCCCCCCCCC. The second kappa shape index (κ2) is 65.3. The third kappa shape index (κ3) is 62.7. The Hall–Kier alpha value is -4.19. The molecule has 0 saturated heterocycles. The lowest BCUT2D eigenvalue weighted by atomic mass is 10.0. The predicted octanol–water partition coefficient (Wildman–Crippen LogP) is 22.4. The van der Waals surface area contributed by atoms with Gasteiger partial charge in [0, 0.05) is 19.3 Å². The van der Waals surface area contributed by atoms with Gasteiger partial charge in [0.15, 0.2) is 6.10 Å². The topological polar surface area (TPSA) is 78.9 Å². The predicted molar refractivity (Wildman–Crippen MR) is 339 cm³/mol. The van der Waals surface area contributed by atoms with Crippen molar-refractivity contribution in [1.29, 1.82) is 0 Å². The standard InChI is InChI=1S/C72H120O6/c1-4-7-10-13-16-19-22-25-27-29-30-31-32-33-34-35-36-37-38-39-40-41-42-43-45-47-50-53-56-59-62-65-71(74)77-68-69(67-76-70(73)64-61-58-55-52-49-46-24-21-18-15-12-9-6-3)78-72(75)66-63-60-57-54-51-48-44-28-26-23-20-17-14-11-8-5-2/h7,10,16,19,21,24-25,27,30-31,33-34,36-37,39-40,42-43,47,50,69H,4-6,8-9,11-15,17-18,20,22-23,26,28-29,32,35,38,41,44-46,48-49,51-68H2,1-3H3/b10-7-,19-16-,24-21-,27-25-,31-30-,34-33-,37-36-,40-39-,43-42-,50-47-. The van der Waals surface area contributed by atoms with Crippen LogP contribution in [0.2, 0.25) is 0 Å². The van der Waals surface area contributed by atoms with Crippen molar-refractivity contribution in [3.05, 3.63) is 122 Å². The highest BCUT2D eigenvalue weighted by Gasteiger charge is 2.19. The van der Waals surface area contributed by atoms with Crippen LogP contribution in [0.4, 0.5) is 0 Å². The molecule has 0 bridgehead atoms. The van der Waals surface area contributed by atoms with Gasteiger partial charge in [0.05, 0.1) is 0 Å². The zero-order chi connectivity index (χ0) is 56.4. The Morgan fingerprint density at radius 2 is 0.500 bits per heavy atom. The van der Waals surface area contributed by atoms with Crippen LogP contribution < -0.4 is 0 Å². The van der Waals surface area contributed by atoms with Gasteiger partial charge in [-0.3, -0.25) is 14.4 Å². The van der Waals surface area contributed by atoms with Crippen LogP contribution in [-0.2, 0) is 28.6 Å². The summed E-state index contributed by atoms with van der Waals surface area (Å²) in [6, 6.07) is 0. The molecule has 0 heterocycles. The van der Waals surface area contributed by atoms with E-state index in [1.54, 1.807) is 0 Å². The average molecular weight is 1080 g/mol. The van der Waals surface area contributed by atoms with Crippen molar-refractivity contribution in [2.45, 2.75) is 303 Å². The van der Waals surface area contributed by atoms with E-state index in [9.17, 15) is 14.4 Å². The lowest BCUT2D eigenvalue weighted by molar-refractivity contribution is -0.167. The summed E-state index contributed by atoms with van der Waals surface area (Å²) in [5.41, 5.74) is 0. The molecule has 0 rings (SSSR count). The largest absolute Gasteiger partial charge is 0.462 e. The molecule has 1 atom stereocenters.